The average molecular weight is 516 g/mol. The molecule has 0 bridgehead atoms. The smallest absolute Gasteiger partial charge is 0.340 e. The van der Waals surface area contributed by atoms with E-state index in [-0.39, 0.29) is 22.7 Å². The zero-order chi connectivity index (χ0) is 26.8. The Balaban J connectivity index is 1.40. The highest BCUT2D eigenvalue weighted by Gasteiger charge is 2.46. The van der Waals surface area contributed by atoms with Gasteiger partial charge in [-0.3, -0.25) is 19.2 Å². The molecule has 0 aliphatic carbocycles. The minimum atomic E-state index is -5.11. The molecule has 0 aromatic heterocycles. The van der Waals surface area contributed by atoms with Crippen molar-refractivity contribution in [3.8, 4) is 0 Å². The molecule has 1 spiro atoms. The number of piperidine rings is 1. The second-order valence-corrected chi connectivity index (χ2v) is 9.75. The molecule has 2 fully saturated rings. The number of halogens is 3. The number of Topliss-reactive ketones (excluding diaryl/α,β-unsaturated/α-hetero) is 1. The summed E-state index contributed by atoms with van der Waals surface area (Å²) in [5.41, 5.74) is 1.07. The number of carbonyl (C=O) groups is 4. The van der Waals surface area contributed by atoms with Gasteiger partial charge in [0, 0.05) is 37.3 Å². The van der Waals surface area contributed by atoms with Crippen LogP contribution in [0, 0.1) is 5.41 Å². The molecule has 4 rings (SSSR count). The van der Waals surface area contributed by atoms with Crippen molar-refractivity contribution < 1.29 is 32.3 Å². The number of nitrogens with zero attached hydrogens (tertiary/aromatic N) is 2. The lowest BCUT2D eigenvalue weighted by Gasteiger charge is -2.39. The van der Waals surface area contributed by atoms with Crippen LogP contribution >= 0.6 is 0 Å². The van der Waals surface area contributed by atoms with E-state index in [9.17, 15) is 32.3 Å². The number of ketones is 1. The highest BCUT2D eigenvalue weighted by atomic mass is 19.4. The fourth-order valence-electron chi connectivity index (χ4n) is 5.07. The molecule has 0 unspecified atom stereocenters. The zero-order valence-corrected chi connectivity index (χ0v) is 20.4. The van der Waals surface area contributed by atoms with Crippen molar-refractivity contribution in [2.45, 2.75) is 38.4 Å². The van der Waals surface area contributed by atoms with Gasteiger partial charge in [0.25, 0.3) is 5.91 Å². The number of rotatable bonds is 5. The van der Waals surface area contributed by atoms with E-state index in [0.29, 0.717) is 56.6 Å². The Morgan fingerprint density at radius 1 is 0.838 bits per heavy atom. The monoisotopic (exact) mass is 515 g/mol. The molecule has 2 aromatic carbocycles. The quantitative estimate of drug-likeness (QED) is 0.615. The number of likely N-dealkylation sites (tertiary alicyclic amines) is 2. The topological polar surface area (TPSA) is 86.8 Å². The van der Waals surface area contributed by atoms with Crippen molar-refractivity contribution in [2.24, 2.45) is 5.41 Å². The third kappa shape index (κ3) is 5.84. The fraction of sp³-hybridized carbons (Fsp3) is 0.407. The van der Waals surface area contributed by atoms with E-state index < -0.39 is 24.0 Å². The highest BCUT2D eigenvalue weighted by molar-refractivity contribution is 5.97. The maximum absolute atomic E-state index is 13.3. The third-order valence-electron chi connectivity index (χ3n) is 7.31. The molecule has 196 valence electrons. The van der Waals surface area contributed by atoms with Crippen LogP contribution in [0.3, 0.4) is 0 Å². The number of nitrogens with one attached hydrogen (secondary N) is 1. The molecule has 37 heavy (non-hydrogen) atoms. The summed E-state index contributed by atoms with van der Waals surface area (Å²) in [6.07, 6.45) is -3.13. The van der Waals surface area contributed by atoms with Gasteiger partial charge in [-0.25, -0.2) is 0 Å². The van der Waals surface area contributed by atoms with Gasteiger partial charge in [0.05, 0.1) is 0 Å². The first-order valence-electron chi connectivity index (χ1n) is 12.1. The van der Waals surface area contributed by atoms with Gasteiger partial charge in [-0.15, -0.1) is 0 Å². The SMILES string of the molecule is CC(=O)c1ccc(C(=O)N2CCC3(CC2)CCN(C(=O)[C@@H](NC(=O)C(F)(F)F)c2ccccc2)C3)cc1. The normalized spacial score (nSPS) is 17.9. The predicted molar refractivity (Wildman–Crippen MR) is 129 cm³/mol. The summed E-state index contributed by atoms with van der Waals surface area (Å²) in [6, 6.07) is 13.0. The lowest BCUT2D eigenvalue weighted by molar-refractivity contribution is -0.175. The minimum absolute atomic E-state index is 0.0771. The first-order valence-corrected chi connectivity index (χ1v) is 12.1. The van der Waals surface area contributed by atoms with E-state index in [4.69, 9.17) is 0 Å². The molecule has 2 aliphatic rings. The number of amides is 3. The lowest BCUT2D eigenvalue weighted by atomic mass is 9.77. The van der Waals surface area contributed by atoms with Gasteiger partial charge >= 0.3 is 12.1 Å². The van der Waals surface area contributed by atoms with Crippen molar-refractivity contribution in [3.05, 3.63) is 71.3 Å². The minimum Gasteiger partial charge on any atom is -0.340 e. The molecule has 1 atom stereocenters. The summed E-state index contributed by atoms with van der Waals surface area (Å²) in [4.78, 5) is 52.7. The number of hydrogen-bond donors (Lipinski definition) is 1. The van der Waals surface area contributed by atoms with Crippen molar-refractivity contribution >= 4 is 23.5 Å². The Hall–Kier alpha value is -3.69. The van der Waals surface area contributed by atoms with Crippen LogP contribution in [0.1, 0.15) is 58.5 Å². The predicted octanol–water partition coefficient (Wildman–Crippen LogP) is 3.76. The Kier molecular flexibility index (Phi) is 7.38. The van der Waals surface area contributed by atoms with E-state index >= 15 is 0 Å². The van der Waals surface area contributed by atoms with Gasteiger partial charge in [0.15, 0.2) is 5.78 Å². The second kappa shape index (κ2) is 10.4. The number of alkyl halides is 3. The Bertz CT molecular complexity index is 1170. The summed E-state index contributed by atoms with van der Waals surface area (Å²) in [5, 5.41) is 1.86. The molecule has 3 amide bonds. The largest absolute Gasteiger partial charge is 0.471 e. The van der Waals surface area contributed by atoms with Crippen LogP contribution in [-0.4, -0.2) is 65.7 Å². The van der Waals surface area contributed by atoms with Gasteiger partial charge in [0.2, 0.25) is 5.91 Å². The molecule has 2 aromatic rings. The first-order chi connectivity index (χ1) is 17.5. The number of hydrogen-bond acceptors (Lipinski definition) is 4. The van der Waals surface area contributed by atoms with E-state index in [1.54, 1.807) is 47.4 Å². The van der Waals surface area contributed by atoms with Crippen LogP contribution in [0.4, 0.5) is 13.2 Å². The van der Waals surface area contributed by atoms with Crippen molar-refractivity contribution in [3.63, 3.8) is 0 Å². The molecular weight excluding hydrogens is 487 g/mol. The van der Waals surface area contributed by atoms with Crippen LogP contribution < -0.4 is 5.32 Å². The van der Waals surface area contributed by atoms with E-state index in [1.807, 2.05) is 5.32 Å². The van der Waals surface area contributed by atoms with Crippen LogP contribution in [0.2, 0.25) is 0 Å². The summed E-state index contributed by atoms with van der Waals surface area (Å²) in [7, 11) is 0. The third-order valence-corrected chi connectivity index (χ3v) is 7.31. The van der Waals surface area contributed by atoms with Crippen LogP contribution in [0.5, 0.6) is 0 Å². The molecule has 0 saturated carbocycles. The second-order valence-electron chi connectivity index (χ2n) is 9.75. The van der Waals surface area contributed by atoms with Gasteiger partial charge in [-0.05, 0) is 49.3 Å². The Morgan fingerprint density at radius 3 is 1.92 bits per heavy atom. The molecule has 0 radical (unpaired) electrons. The Morgan fingerprint density at radius 2 is 1.38 bits per heavy atom. The first kappa shape index (κ1) is 26.4. The molecule has 1 N–H and O–H groups in total. The van der Waals surface area contributed by atoms with Crippen LogP contribution in [0.15, 0.2) is 54.6 Å². The average Bonchev–Trinajstić information content (AvgIpc) is 3.30. The van der Waals surface area contributed by atoms with E-state index in [1.165, 1.54) is 24.0 Å². The molecule has 10 heteroatoms. The van der Waals surface area contributed by atoms with Gasteiger partial charge in [0.1, 0.15) is 6.04 Å². The molecule has 7 nitrogen and oxygen atoms in total. The van der Waals surface area contributed by atoms with E-state index in [2.05, 4.69) is 0 Å². The standard InChI is InChI=1S/C27H28F3N3O4/c1-18(34)19-7-9-21(10-8-19)23(35)32-14-11-26(12-15-32)13-16-33(17-26)24(36)22(20-5-3-2-4-6-20)31-25(37)27(28,29)30/h2-10,22H,11-17H2,1H3,(H,31,37)/t22-/m0/s1. The van der Waals surface area contributed by atoms with Crippen molar-refractivity contribution in [1.82, 2.24) is 15.1 Å². The maximum Gasteiger partial charge on any atom is 0.471 e. The summed E-state index contributed by atoms with van der Waals surface area (Å²) < 4.78 is 38.8. The van der Waals surface area contributed by atoms with Crippen molar-refractivity contribution in [1.29, 1.82) is 0 Å². The van der Waals surface area contributed by atoms with Crippen molar-refractivity contribution in [2.75, 3.05) is 26.2 Å². The number of benzene rings is 2. The van der Waals surface area contributed by atoms with Gasteiger partial charge in [-0.1, -0.05) is 42.5 Å². The summed E-state index contributed by atoms with van der Waals surface area (Å²) in [5.74, 6) is -2.95. The zero-order valence-electron chi connectivity index (χ0n) is 20.4. The molecule has 2 heterocycles. The Labute approximate surface area is 212 Å². The maximum atomic E-state index is 13.3. The summed E-state index contributed by atoms with van der Waals surface area (Å²) >= 11 is 0. The van der Waals surface area contributed by atoms with Gasteiger partial charge < -0.3 is 15.1 Å². The van der Waals surface area contributed by atoms with Crippen LogP contribution in [0.25, 0.3) is 0 Å². The number of carbonyl (C=O) groups excluding carboxylic acids is 4. The highest BCUT2D eigenvalue weighted by Crippen LogP contribution is 2.41. The van der Waals surface area contributed by atoms with E-state index in [0.717, 1.165) is 0 Å². The lowest BCUT2D eigenvalue weighted by Crippen LogP contribution is -2.48. The summed E-state index contributed by atoms with van der Waals surface area (Å²) in [6.45, 7) is 3.16. The molecule has 2 saturated heterocycles. The molecule has 2 aliphatic heterocycles. The van der Waals surface area contributed by atoms with Gasteiger partial charge in [-0.2, -0.15) is 13.2 Å². The van der Waals surface area contributed by atoms with Crippen LogP contribution in [-0.2, 0) is 9.59 Å². The molecular formula is C27H28F3N3O4. The fourth-order valence-corrected chi connectivity index (χ4v) is 5.07.